The highest BCUT2D eigenvalue weighted by atomic mass is 16.3. The predicted molar refractivity (Wildman–Crippen MR) is 101 cm³/mol. The van der Waals surface area contributed by atoms with E-state index in [1.807, 2.05) is 0 Å². The molecule has 1 aliphatic heterocycles. The van der Waals surface area contributed by atoms with Crippen molar-refractivity contribution in [2.45, 2.75) is 52.6 Å². The molecule has 2 rings (SSSR count). The van der Waals surface area contributed by atoms with Gasteiger partial charge in [-0.2, -0.15) is 0 Å². The summed E-state index contributed by atoms with van der Waals surface area (Å²) in [6.45, 7) is 9.94. The van der Waals surface area contributed by atoms with Crippen molar-refractivity contribution < 1.29 is 5.11 Å². The molecular weight excluding hydrogens is 298 g/mol. The van der Waals surface area contributed by atoms with Crippen LogP contribution in [0.15, 0.2) is 35.3 Å². The van der Waals surface area contributed by atoms with Gasteiger partial charge >= 0.3 is 0 Å². The second-order valence-electron chi connectivity index (χ2n) is 7.56. The number of aliphatic imine (C=N–C) groups is 1. The lowest BCUT2D eigenvalue weighted by atomic mass is 9.86. The zero-order chi connectivity index (χ0) is 17.4. The van der Waals surface area contributed by atoms with Gasteiger partial charge in [0, 0.05) is 26.2 Å². The van der Waals surface area contributed by atoms with Crippen LogP contribution in [0.4, 0.5) is 0 Å². The van der Waals surface area contributed by atoms with E-state index < -0.39 is 0 Å². The van der Waals surface area contributed by atoms with Crippen LogP contribution in [0.5, 0.6) is 0 Å². The zero-order valence-electron chi connectivity index (χ0n) is 15.5. The van der Waals surface area contributed by atoms with Crippen LogP contribution < -0.4 is 5.32 Å². The summed E-state index contributed by atoms with van der Waals surface area (Å²) in [7, 11) is 0. The fraction of sp³-hybridized carbons (Fsp3) is 0.650. The van der Waals surface area contributed by atoms with Gasteiger partial charge in [-0.15, -0.1) is 0 Å². The number of aliphatic hydroxyl groups excluding tert-OH is 1. The quantitative estimate of drug-likeness (QED) is 0.596. The third-order valence-electron chi connectivity index (χ3n) is 4.62. The molecule has 0 unspecified atom stereocenters. The largest absolute Gasteiger partial charge is 0.391 e. The molecule has 0 aromatic heterocycles. The Morgan fingerprint density at radius 1 is 1.33 bits per heavy atom. The molecule has 1 heterocycles. The summed E-state index contributed by atoms with van der Waals surface area (Å²) >= 11 is 0. The van der Waals surface area contributed by atoms with Crippen LogP contribution in [-0.2, 0) is 6.42 Å². The van der Waals surface area contributed by atoms with Crippen molar-refractivity contribution >= 4 is 5.96 Å². The molecule has 2 N–H and O–H groups in total. The molecule has 1 aromatic rings. The van der Waals surface area contributed by atoms with Crippen molar-refractivity contribution in [2.75, 3.05) is 26.2 Å². The Bertz CT molecular complexity index is 513. The van der Waals surface area contributed by atoms with Crippen LogP contribution >= 0.6 is 0 Å². The van der Waals surface area contributed by atoms with E-state index in [9.17, 15) is 5.11 Å². The topological polar surface area (TPSA) is 47.9 Å². The van der Waals surface area contributed by atoms with Crippen LogP contribution in [-0.4, -0.2) is 48.2 Å². The molecule has 0 aliphatic carbocycles. The minimum absolute atomic E-state index is 0.188. The minimum atomic E-state index is -0.215. The first-order valence-electron chi connectivity index (χ1n) is 9.25. The minimum Gasteiger partial charge on any atom is -0.391 e. The Morgan fingerprint density at radius 2 is 2.08 bits per heavy atom. The third-order valence-corrected chi connectivity index (χ3v) is 4.62. The number of rotatable bonds is 7. The maximum Gasteiger partial charge on any atom is 0.194 e. The number of guanidine groups is 1. The average molecular weight is 332 g/mol. The zero-order valence-corrected chi connectivity index (χ0v) is 15.5. The Morgan fingerprint density at radius 3 is 2.71 bits per heavy atom. The molecule has 4 heteroatoms. The average Bonchev–Trinajstić information content (AvgIpc) is 2.98. The summed E-state index contributed by atoms with van der Waals surface area (Å²) in [5.41, 5.74) is 1.60. The Hall–Kier alpha value is -1.55. The Balaban J connectivity index is 1.84. The monoisotopic (exact) mass is 331 g/mol. The number of β-amino-alcohol motifs (C(OH)–C–C–N with tert-alkyl or cyclic N) is 1. The predicted octanol–water partition coefficient (Wildman–Crippen LogP) is 3.07. The van der Waals surface area contributed by atoms with E-state index in [-0.39, 0.29) is 11.5 Å². The van der Waals surface area contributed by atoms with Crippen LogP contribution in [0.25, 0.3) is 0 Å². The van der Waals surface area contributed by atoms with Gasteiger partial charge in [0.2, 0.25) is 0 Å². The number of nitrogens with one attached hydrogen (secondary N) is 1. The van der Waals surface area contributed by atoms with E-state index in [2.05, 4.69) is 61.3 Å². The van der Waals surface area contributed by atoms with E-state index in [0.29, 0.717) is 6.54 Å². The Labute approximate surface area is 147 Å². The molecule has 1 fully saturated rings. The van der Waals surface area contributed by atoms with Gasteiger partial charge in [0.25, 0.3) is 0 Å². The maximum atomic E-state index is 9.74. The molecule has 0 bridgehead atoms. The highest BCUT2D eigenvalue weighted by Crippen LogP contribution is 2.24. The smallest absolute Gasteiger partial charge is 0.194 e. The number of aliphatic hydroxyl groups is 1. The highest BCUT2D eigenvalue weighted by molar-refractivity contribution is 5.80. The van der Waals surface area contributed by atoms with E-state index in [1.54, 1.807) is 0 Å². The van der Waals surface area contributed by atoms with Gasteiger partial charge in [-0.05, 0) is 43.6 Å². The van der Waals surface area contributed by atoms with Gasteiger partial charge < -0.3 is 15.3 Å². The van der Waals surface area contributed by atoms with Crippen molar-refractivity contribution in [3.8, 4) is 0 Å². The molecule has 0 amide bonds. The fourth-order valence-electron chi connectivity index (χ4n) is 3.14. The molecule has 0 spiro atoms. The van der Waals surface area contributed by atoms with E-state index in [4.69, 9.17) is 4.99 Å². The molecule has 1 aromatic carbocycles. The first-order chi connectivity index (χ1) is 11.5. The van der Waals surface area contributed by atoms with Gasteiger partial charge in [-0.3, -0.25) is 4.99 Å². The van der Waals surface area contributed by atoms with Crippen molar-refractivity contribution in [1.29, 1.82) is 0 Å². The molecule has 1 aliphatic rings. The van der Waals surface area contributed by atoms with Crippen molar-refractivity contribution in [1.82, 2.24) is 10.2 Å². The Kier molecular flexibility index (Phi) is 7.10. The number of nitrogens with zero attached hydrogens (tertiary/aromatic N) is 2. The van der Waals surface area contributed by atoms with Crippen molar-refractivity contribution in [3.63, 3.8) is 0 Å². The molecule has 0 radical (unpaired) electrons. The number of aryl methyl sites for hydroxylation is 1. The third kappa shape index (κ3) is 6.16. The number of likely N-dealkylation sites (tertiary alicyclic amines) is 1. The molecule has 1 atom stereocenters. The SMILES string of the molecule is CCNC(=NCC(C)(C)CCCc1ccccc1)N1CC[C@@H](O)C1. The number of hydrogen-bond acceptors (Lipinski definition) is 2. The molecule has 4 nitrogen and oxygen atoms in total. The number of hydrogen-bond donors (Lipinski definition) is 2. The summed E-state index contributed by atoms with van der Waals surface area (Å²) in [5, 5.41) is 13.1. The molecule has 24 heavy (non-hydrogen) atoms. The lowest BCUT2D eigenvalue weighted by Gasteiger charge is -2.26. The lowest BCUT2D eigenvalue weighted by Crippen LogP contribution is -2.41. The second kappa shape index (κ2) is 9.07. The molecule has 134 valence electrons. The van der Waals surface area contributed by atoms with Gasteiger partial charge in [0.15, 0.2) is 5.96 Å². The van der Waals surface area contributed by atoms with E-state index >= 15 is 0 Å². The summed E-state index contributed by atoms with van der Waals surface area (Å²) in [6.07, 6.45) is 4.10. The fourth-order valence-corrected chi connectivity index (χ4v) is 3.14. The van der Waals surface area contributed by atoms with Crippen molar-refractivity contribution in [2.24, 2.45) is 10.4 Å². The van der Waals surface area contributed by atoms with Gasteiger partial charge in [0.1, 0.15) is 0 Å². The molecular formula is C20H33N3O. The van der Waals surface area contributed by atoms with Crippen LogP contribution in [0.3, 0.4) is 0 Å². The van der Waals surface area contributed by atoms with Gasteiger partial charge in [-0.25, -0.2) is 0 Å². The lowest BCUT2D eigenvalue weighted by molar-refractivity contribution is 0.187. The summed E-state index contributed by atoms with van der Waals surface area (Å²) < 4.78 is 0. The van der Waals surface area contributed by atoms with E-state index in [0.717, 1.165) is 44.9 Å². The van der Waals surface area contributed by atoms with Gasteiger partial charge in [-0.1, -0.05) is 44.2 Å². The van der Waals surface area contributed by atoms with Crippen molar-refractivity contribution in [3.05, 3.63) is 35.9 Å². The maximum absolute atomic E-state index is 9.74. The standard InChI is InChI=1S/C20H33N3O/c1-4-21-19(23-14-12-18(24)15-23)22-16-20(2,3)13-8-11-17-9-6-5-7-10-17/h5-7,9-10,18,24H,4,8,11-16H2,1-3H3,(H,21,22)/t18-/m1/s1. The molecule has 0 saturated carbocycles. The molecule has 1 saturated heterocycles. The van der Waals surface area contributed by atoms with Crippen LogP contribution in [0, 0.1) is 5.41 Å². The first kappa shape index (κ1) is 18.8. The second-order valence-corrected chi connectivity index (χ2v) is 7.56. The first-order valence-corrected chi connectivity index (χ1v) is 9.25. The van der Waals surface area contributed by atoms with Crippen LogP contribution in [0.2, 0.25) is 0 Å². The van der Waals surface area contributed by atoms with E-state index in [1.165, 1.54) is 12.0 Å². The highest BCUT2D eigenvalue weighted by Gasteiger charge is 2.24. The summed E-state index contributed by atoms with van der Waals surface area (Å²) in [5.74, 6) is 0.949. The summed E-state index contributed by atoms with van der Waals surface area (Å²) in [6, 6.07) is 10.7. The van der Waals surface area contributed by atoms with Crippen LogP contribution in [0.1, 0.15) is 45.6 Å². The number of benzene rings is 1. The normalized spacial score (nSPS) is 18.9. The summed E-state index contributed by atoms with van der Waals surface area (Å²) in [4.78, 5) is 7.02. The van der Waals surface area contributed by atoms with Gasteiger partial charge in [0.05, 0.1) is 6.10 Å².